The van der Waals surface area contributed by atoms with Crippen LogP contribution >= 0.6 is 0 Å². The third-order valence-electron chi connectivity index (χ3n) is 3.92. The lowest BCUT2D eigenvalue weighted by molar-refractivity contribution is -0.0893. The third kappa shape index (κ3) is 5.06. The molecule has 1 aromatic carbocycles. The van der Waals surface area contributed by atoms with E-state index >= 15 is 0 Å². The minimum Gasteiger partial charge on any atom is -0.427 e. The van der Waals surface area contributed by atoms with E-state index in [0.29, 0.717) is 0 Å². The van der Waals surface area contributed by atoms with Gasteiger partial charge in [-0.15, -0.1) is 0 Å². The summed E-state index contributed by atoms with van der Waals surface area (Å²) < 4.78 is 33.9. The third-order valence-corrected chi connectivity index (χ3v) is 3.92. The number of nitrogens with one attached hydrogen (secondary N) is 1. The Kier molecular flexibility index (Phi) is 5.91. The molecule has 135 valence electrons. The summed E-state index contributed by atoms with van der Waals surface area (Å²) in [5, 5.41) is 22.3. The molecule has 0 spiro atoms. The quantitative estimate of drug-likeness (QED) is 0.446. The first-order valence-corrected chi connectivity index (χ1v) is 7.63. The van der Waals surface area contributed by atoms with Crippen LogP contribution in [0.4, 0.5) is 20.2 Å². The van der Waals surface area contributed by atoms with Crippen LogP contribution in [0.1, 0.15) is 41.5 Å². The molecule has 5 nitrogen and oxygen atoms in total. The Bertz CT molecular complexity index is 596. The van der Waals surface area contributed by atoms with E-state index in [0.717, 1.165) is 7.48 Å². The fourth-order valence-corrected chi connectivity index (χ4v) is 1.59. The van der Waals surface area contributed by atoms with Crippen LogP contribution < -0.4 is 16.5 Å². The van der Waals surface area contributed by atoms with Crippen molar-refractivity contribution in [3.63, 3.8) is 0 Å². The molecule has 0 amide bonds. The van der Waals surface area contributed by atoms with Gasteiger partial charge in [0.05, 0.1) is 28.2 Å². The molecule has 8 heteroatoms. The molecule has 0 bridgehead atoms. The molecular formula is C16H26BF2N2O3. The molecule has 1 radical (unpaired) electrons. The van der Waals surface area contributed by atoms with Crippen LogP contribution in [0.15, 0.2) is 6.07 Å². The molecule has 1 rings (SSSR count). The maximum absolute atomic E-state index is 14.2. The number of nitrogen functional groups attached to an aromatic ring is 1. The van der Waals surface area contributed by atoms with Gasteiger partial charge in [-0.2, -0.15) is 0 Å². The van der Waals surface area contributed by atoms with Crippen LogP contribution in [0.25, 0.3) is 0 Å². The fourth-order valence-electron chi connectivity index (χ4n) is 1.59. The van der Waals surface area contributed by atoms with Gasteiger partial charge in [-0.05, 0) is 53.1 Å². The molecule has 0 heterocycles. The van der Waals surface area contributed by atoms with Crippen molar-refractivity contribution in [1.82, 2.24) is 0 Å². The van der Waals surface area contributed by atoms with E-state index in [2.05, 4.69) is 5.32 Å². The second-order valence-electron chi connectivity index (χ2n) is 7.53. The van der Waals surface area contributed by atoms with Gasteiger partial charge in [0.1, 0.15) is 0 Å². The normalized spacial score (nSPS) is 13.1. The zero-order valence-electron chi connectivity index (χ0n) is 15.0. The van der Waals surface area contributed by atoms with Crippen LogP contribution in [0.5, 0.6) is 0 Å². The molecule has 0 aromatic heterocycles. The molecule has 1 aromatic rings. The maximum atomic E-state index is 14.2. The van der Waals surface area contributed by atoms with Crippen LogP contribution in [-0.2, 0) is 4.65 Å². The molecule has 0 aliphatic carbocycles. The highest BCUT2D eigenvalue weighted by molar-refractivity contribution is 6.47. The standard InChI is InChI=1S/C16H26BF2N2O3/c1-14(2,22)8-21-13-10(20)7-9(11(18)12(13)19)17-24-16(5,6)15(3,4)23/h7,21-23H,8,20H2,1-6H3. The predicted octanol–water partition coefficient (Wildman–Crippen LogP) is 1.54. The molecular weight excluding hydrogens is 317 g/mol. The summed E-state index contributed by atoms with van der Waals surface area (Å²) in [5.41, 5.74) is 2.03. The fraction of sp³-hybridized carbons (Fsp3) is 0.625. The molecule has 0 unspecified atom stereocenters. The number of aliphatic hydroxyl groups is 2. The second-order valence-corrected chi connectivity index (χ2v) is 7.53. The number of halogens is 2. The second kappa shape index (κ2) is 6.86. The van der Waals surface area contributed by atoms with Crippen molar-refractivity contribution in [3.8, 4) is 0 Å². The zero-order valence-corrected chi connectivity index (χ0v) is 15.0. The summed E-state index contributed by atoms with van der Waals surface area (Å²) in [5.74, 6) is -2.29. The first-order chi connectivity index (χ1) is 10.7. The van der Waals surface area contributed by atoms with Gasteiger partial charge in [0.2, 0.25) is 0 Å². The summed E-state index contributed by atoms with van der Waals surface area (Å²) in [6.07, 6.45) is 0. The molecule has 0 saturated carbocycles. The van der Waals surface area contributed by atoms with Gasteiger partial charge in [0.25, 0.3) is 0 Å². The van der Waals surface area contributed by atoms with E-state index in [-0.39, 0.29) is 23.4 Å². The van der Waals surface area contributed by atoms with Crippen LogP contribution in [0.3, 0.4) is 0 Å². The lowest BCUT2D eigenvalue weighted by Gasteiger charge is -2.37. The first kappa shape index (κ1) is 20.7. The lowest BCUT2D eigenvalue weighted by Crippen LogP contribution is -2.49. The van der Waals surface area contributed by atoms with E-state index in [4.69, 9.17) is 10.4 Å². The largest absolute Gasteiger partial charge is 0.427 e. The van der Waals surface area contributed by atoms with Crippen molar-refractivity contribution in [1.29, 1.82) is 0 Å². The van der Waals surface area contributed by atoms with Gasteiger partial charge in [-0.1, -0.05) is 0 Å². The minimum absolute atomic E-state index is 0.00114. The Morgan fingerprint density at radius 1 is 1.12 bits per heavy atom. The van der Waals surface area contributed by atoms with E-state index in [9.17, 15) is 19.0 Å². The number of anilines is 2. The van der Waals surface area contributed by atoms with Crippen molar-refractivity contribution >= 4 is 24.3 Å². The van der Waals surface area contributed by atoms with Crippen molar-refractivity contribution < 1.29 is 23.6 Å². The number of benzene rings is 1. The average molecular weight is 343 g/mol. The van der Waals surface area contributed by atoms with Crippen molar-refractivity contribution in [2.75, 3.05) is 17.6 Å². The van der Waals surface area contributed by atoms with Gasteiger partial charge in [0.15, 0.2) is 11.6 Å². The van der Waals surface area contributed by atoms with E-state index in [1.807, 2.05) is 0 Å². The number of nitrogens with two attached hydrogens (primary N) is 1. The van der Waals surface area contributed by atoms with Crippen molar-refractivity contribution in [3.05, 3.63) is 17.7 Å². The van der Waals surface area contributed by atoms with Gasteiger partial charge >= 0.3 is 7.48 Å². The van der Waals surface area contributed by atoms with Crippen LogP contribution in [0.2, 0.25) is 0 Å². The van der Waals surface area contributed by atoms with Crippen LogP contribution in [-0.4, -0.2) is 41.0 Å². The monoisotopic (exact) mass is 343 g/mol. The van der Waals surface area contributed by atoms with Crippen molar-refractivity contribution in [2.45, 2.75) is 58.3 Å². The summed E-state index contributed by atoms with van der Waals surface area (Å²) in [6, 6.07) is 1.23. The first-order valence-electron chi connectivity index (χ1n) is 7.63. The molecule has 0 fully saturated rings. The molecule has 0 aliphatic heterocycles. The van der Waals surface area contributed by atoms with E-state index < -0.39 is 28.4 Å². The van der Waals surface area contributed by atoms with Gasteiger partial charge in [0, 0.05) is 6.54 Å². The van der Waals surface area contributed by atoms with Crippen LogP contribution in [0, 0.1) is 11.6 Å². The highest BCUT2D eigenvalue weighted by Crippen LogP contribution is 2.26. The minimum atomic E-state index is -1.20. The summed E-state index contributed by atoms with van der Waals surface area (Å²) in [6.45, 7) is 9.41. The zero-order chi connectivity index (χ0) is 18.9. The Labute approximate surface area is 142 Å². The molecule has 0 atom stereocenters. The Hall–Kier alpha value is -1.38. The van der Waals surface area contributed by atoms with Gasteiger partial charge in [-0.25, -0.2) is 8.78 Å². The Morgan fingerprint density at radius 2 is 1.67 bits per heavy atom. The van der Waals surface area contributed by atoms with Crippen molar-refractivity contribution in [2.24, 2.45) is 0 Å². The number of rotatable bonds is 7. The lowest BCUT2D eigenvalue weighted by atomic mass is 9.82. The molecule has 24 heavy (non-hydrogen) atoms. The van der Waals surface area contributed by atoms with E-state index in [1.165, 1.54) is 19.9 Å². The molecule has 0 aliphatic rings. The Morgan fingerprint density at radius 3 is 2.12 bits per heavy atom. The van der Waals surface area contributed by atoms with E-state index in [1.54, 1.807) is 27.7 Å². The highest BCUT2D eigenvalue weighted by Gasteiger charge is 2.36. The van der Waals surface area contributed by atoms with Gasteiger partial charge < -0.3 is 25.9 Å². The summed E-state index contributed by atoms with van der Waals surface area (Å²) in [7, 11) is 1.03. The predicted molar refractivity (Wildman–Crippen MR) is 92.4 cm³/mol. The molecule has 5 N–H and O–H groups in total. The smallest absolute Gasteiger partial charge is 0.334 e. The Balaban J connectivity index is 3.00. The number of hydrogen-bond acceptors (Lipinski definition) is 5. The molecule has 0 saturated heterocycles. The highest BCUT2D eigenvalue weighted by atomic mass is 19.2. The SMILES string of the molecule is CC(C)(O)CNc1c(N)cc([B]OC(C)(C)C(C)(C)O)c(F)c1F. The summed E-state index contributed by atoms with van der Waals surface area (Å²) in [4.78, 5) is 0. The number of hydrogen-bond donors (Lipinski definition) is 4. The maximum Gasteiger partial charge on any atom is 0.334 e. The summed E-state index contributed by atoms with van der Waals surface area (Å²) >= 11 is 0. The van der Waals surface area contributed by atoms with Gasteiger partial charge in [-0.3, -0.25) is 0 Å². The topological polar surface area (TPSA) is 87.7 Å². The average Bonchev–Trinajstić information content (AvgIpc) is 2.38.